The van der Waals surface area contributed by atoms with Crippen molar-refractivity contribution in [3.05, 3.63) is 76.3 Å². The molecule has 0 amide bonds. The molecule has 5 nitrogen and oxygen atoms in total. The van der Waals surface area contributed by atoms with E-state index in [-0.39, 0.29) is 18.0 Å². The fourth-order valence-electron chi connectivity index (χ4n) is 2.38. The number of hydrogen-bond donors (Lipinski definition) is 0. The van der Waals surface area contributed by atoms with E-state index in [0.717, 1.165) is 16.3 Å². The topological polar surface area (TPSA) is 61.6 Å². The Hall–Kier alpha value is -3.08. The molecule has 3 rings (SSSR count). The van der Waals surface area contributed by atoms with Crippen molar-refractivity contribution in [1.29, 1.82) is 0 Å². The van der Waals surface area contributed by atoms with Gasteiger partial charge in [0.2, 0.25) is 0 Å². The molecular formula is C18H15NO4. The first kappa shape index (κ1) is 14.8. The summed E-state index contributed by atoms with van der Waals surface area (Å²) in [7, 11) is 1.47. The van der Waals surface area contributed by atoms with Gasteiger partial charge in [-0.3, -0.25) is 10.1 Å². The number of benzene rings is 3. The molecular weight excluding hydrogens is 294 g/mol. The summed E-state index contributed by atoms with van der Waals surface area (Å²) in [5, 5.41) is 13.4. The average molecular weight is 309 g/mol. The van der Waals surface area contributed by atoms with Crippen LogP contribution in [-0.2, 0) is 6.61 Å². The second-order valence-corrected chi connectivity index (χ2v) is 5.06. The lowest BCUT2D eigenvalue weighted by Crippen LogP contribution is -1.99. The molecule has 0 aliphatic heterocycles. The molecule has 3 aromatic rings. The number of nitro benzene ring substituents is 1. The average Bonchev–Trinajstić information content (AvgIpc) is 2.59. The van der Waals surface area contributed by atoms with Crippen molar-refractivity contribution in [3.8, 4) is 11.5 Å². The SMILES string of the molecule is COc1ccc(OCc2ccc3ccccc3c2)c([N+](=O)[O-])c1. The van der Waals surface area contributed by atoms with Crippen LogP contribution in [0.2, 0.25) is 0 Å². The van der Waals surface area contributed by atoms with Crippen LogP contribution in [-0.4, -0.2) is 12.0 Å². The minimum Gasteiger partial charge on any atom is -0.496 e. The lowest BCUT2D eigenvalue weighted by molar-refractivity contribution is -0.386. The zero-order valence-corrected chi connectivity index (χ0v) is 12.6. The molecule has 0 fully saturated rings. The van der Waals surface area contributed by atoms with Gasteiger partial charge in [-0.2, -0.15) is 0 Å². The summed E-state index contributed by atoms with van der Waals surface area (Å²) >= 11 is 0. The Bertz CT molecular complexity index is 861. The van der Waals surface area contributed by atoms with Crippen molar-refractivity contribution >= 4 is 16.5 Å². The number of nitrogens with zero attached hydrogens (tertiary/aromatic N) is 1. The fraction of sp³-hybridized carbons (Fsp3) is 0.111. The van der Waals surface area contributed by atoms with E-state index in [1.165, 1.54) is 13.2 Å². The van der Waals surface area contributed by atoms with Gasteiger partial charge in [-0.25, -0.2) is 0 Å². The molecule has 0 bridgehead atoms. The smallest absolute Gasteiger partial charge is 0.314 e. The van der Waals surface area contributed by atoms with Crippen molar-refractivity contribution in [2.45, 2.75) is 6.61 Å². The first-order valence-corrected chi connectivity index (χ1v) is 7.10. The number of rotatable bonds is 5. The maximum Gasteiger partial charge on any atom is 0.314 e. The monoisotopic (exact) mass is 309 g/mol. The van der Waals surface area contributed by atoms with Crippen molar-refractivity contribution in [3.63, 3.8) is 0 Å². The van der Waals surface area contributed by atoms with Crippen molar-refractivity contribution < 1.29 is 14.4 Å². The van der Waals surface area contributed by atoms with Gasteiger partial charge in [-0.15, -0.1) is 0 Å². The van der Waals surface area contributed by atoms with Crippen LogP contribution in [0.1, 0.15) is 5.56 Å². The molecule has 0 spiro atoms. The molecule has 0 aliphatic rings. The van der Waals surface area contributed by atoms with Gasteiger partial charge >= 0.3 is 5.69 Å². The molecule has 3 aromatic carbocycles. The normalized spacial score (nSPS) is 10.5. The summed E-state index contributed by atoms with van der Waals surface area (Å²) in [4.78, 5) is 10.7. The lowest BCUT2D eigenvalue weighted by Gasteiger charge is -2.09. The van der Waals surface area contributed by atoms with E-state index in [9.17, 15) is 10.1 Å². The molecule has 0 saturated heterocycles. The highest BCUT2D eigenvalue weighted by Crippen LogP contribution is 2.31. The molecule has 0 heterocycles. The van der Waals surface area contributed by atoms with Crippen LogP contribution in [0.4, 0.5) is 5.69 Å². The number of hydrogen-bond acceptors (Lipinski definition) is 4. The molecule has 0 aliphatic carbocycles. The fourth-order valence-corrected chi connectivity index (χ4v) is 2.38. The first-order chi connectivity index (χ1) is 11.2. The quantitative estimate of drug-likeness (QED) is 0.519. The number of fused-ring (bicyclic) bond motifs is 1. The number of ether oxygens (including phenoxy) is 2. The van der Waals surface area contributed by atoms with E-state index in [1.807, 2.05) is 42.5 Å². The van der Waals surface area contributed by atoms with E-state index in [0.29, 0.717) is 5.75 Å². The summed E-state index contributed by atoms with van der Waals surface area (Å²) in [5.41, 5.74) is 0.846. The Labute approximate surface area is 133 Å². The van der Waals surface area contributed by atoms with Crippen LogP contribution in [0, 0.1) is 10.1 Å². The van der Waals surface area contributed by atoms with E-state index in [2.05, 4.69) is 0 Å². The summed E-state index contributed by atoms with van der Waals surface area (Å²) in [6.07, 6.45) is 0. The molecule has 0 aromatic heterocycles. The van der Waals surface area contributed by atoms with Gasteiger partial charge in [-0.05, 0) is 34.5 Å². The minimum atomic E-state index is -0.474. The van der Waals surface area contributed by atoms with Gasteiger partial charge in [-0.1, -0.05) is 36.4 Å². The highest BCUT2D eigenvalue weighted by molar-refractivity contribution is 5.82. The molecule has 0 unspecified atom stereocenters. The van der Waals surface area contributed by atoms with E-state index < -0.39 is 4.92 Å². The first-order valence-electron chi connectivity index (χ1n) is 7.10. The van der Waals surface area contributed by atoms with Crippen LogP contribution in [0.15, 0.2) is 60.7 Å². The van der Waals surface area contributed by atoms with Crippen LogP contribution >= 0.6 is 0 Å². The van der Waals surface area contributed by atoms with Crippen molar-refractivity contribution in [2.24, 2.45) is 0 Å². The van der Waals surface area contributed by atoms with E-state index >= 15 is 0 Å². The second-order valence-electron chi connectivity index (χ2n) is 5.06. The van der Waals surface area contributed by atoms with Crippen molar-refractivity contribution in [1.82, 2.24) is 0 Å². The van der Waals surface area contributed by atoms with Crippen LogP contribution in [0.5, 0.6) is 11.5 Å². The van der Waals surface area contributed by atoms with Crippen LogP contribution in [0.3, 0.4) is 0 Å². The Morgan fingerprint density at radius 1 is 1.00 bits per heavy atom. The molecule has 23 heavy (non-hydrogen) atoms. The maximum absolute atomic E-state index is 11.1. The highest BCUT2D eigenvalue weighted by atomic mass is 16.6. The van der Waals surface area contributed by atoms with E-state index in [4.69, 9.17) is 9.47 Å². The number of methoxy groups -OCH3 is 1. The molecule has 5 heteroatoms. The summed E-state index contributed by atoms with van der Waals surface area (Å²) in [6, 6.07) is 18.6. The summed E-state index contributed by atoms with van der Waals surface area (Å²) in [5.74, 6) is 0.652. The highest BCUT2D eigenvalue weighted by Gasteiger charge is 2.16. The number of nitro groups is 1. The maximum atomic E-state index is 11.1. The van der Waals surface area contributed by atoms with Gasteiger partial charge in [0.1, 0.15) is 12.4 Å². The zero-order chi connectivity index (χ0) is 16.2. The Morgan fingerprint density at radius 3 is 2.52 bits per heavy atom. The van der Waals surface area contributed by atoms with Crippen LogP contribution < -0.4 is 9.47 Å². The van der Waals surface area contributed by atoms with Crippen LogP contribution in [0.25, 0.3) is 10.8 Å². The standard InChI is InChI=1S/C18H15NO4/c1-22-16-8-9-18(17(11-16)19(20)21)23-12-13-6-7-14-4-2-3-5-15(14)10-13/h2-11H,12H2,1H3. The molecule has 0 atom stereocenters. The largest absolute Gasteiger partial charge is 0.496 e. The third-order valence-electron chi connectivity index (χ3n) is 3.57. The Morgan fingerprint density at radius 2 is 1.78 bits per heavy atom. The Kier molecular flexibility index (Phi) is 4.10. The summed E-state index contributed by atoms with van der Waals surface area (Å²) < 4.78 is 10.6. The van der Waals surface area contributed by atoms with Gasteiger partial charge in [0.05, 0.1) is 18.1 Å². The van der Waals surface area contributed by atoms with Gasteiger partial charge in [0.15, 0.2) is 5.75 Å². The third kappa shape index (κ3) is 3.23. The molecule has 0 N–H and O–H groups in total. The summed E-state index contributed by atoms with van der Waals surface area (Å²) in [6.45, 7) is 0.262. The van der Waals surface area contributed by atoms with Gasteiger partial charge in [0, 0.05) is 0 Å². The van der Waals surface area contributed by atoms with Gasteiger partial charge in [0.25, 0.3) is 0 Å². The molecule has 0 radical (unpaired) electrons. The molecule has 116 valence electrons. The second kappa shape index (κ2) is 6.36. The minimum absolute atomic E-state index is 0.106. The predicted octanol–water partition coefficient (Wildman–Crippen LogP) is 4.34. The van der Waals surface area contributed by atoms with E-state index in [1.54, 1.807) is 12.1 Å². The Balaban J connectivity index is 1.83. The van der Waals surface area contributed by atoms with Gasteiger partial charge < -0.3 is 9.47 Å². The molecule has 0 saturated carbocycles. The van der Waals surface area contributed by atoms with Crippen molar-refractivity contribution in [2.75, 3.05) is 7.11 Å². The third-order valence-corrected chi connectivity index (χ3v) is 3.57. The lowest BCUT2D eigenvalue weighted by atomic mass is 10.1. The predicted molar refractivity (Wildman–Crippen MR) is 87.9 cm³/mol. The zero-order valence-electron chi connectivity index (χ0n) is 12.6.